The van der Waals surface area contributed by atoms with Crippen LogP contribution in [0.5, 0.6) is 5.88 Å². The lowest BCUT2D eigenvalue weighted by molar-refractivity contribution is -0.118. The van der Waals surface area contributed by atoms with Crippen LogP contribution in [-0.4, -0.2) is 21.0 Å². The fourth-order valence-corrected chi connectivity index (χ4v) is 2.49. The first-order valence-corrected chi connectivity index (χ1v) is 6.96. The number of hydrogen-bond acceptors (Lipinski definition) is 5. The van der Waals surface area contributed by atoms with Gasteiger partial charge in [-0.25, -0.2) is 0 Å². The van der Waals surface area contributed by atoms with E-state index in [0.29, 0.717) is 17.9 Å². The topological polar surface area (TPSA) is 121 Å². The van der Waals surface area contributed by atoms with Crippen LogP contribution >= 0.6 is 11.6 Å². The van der Waals surface area contributed by atoms with Crippen molar-refractivity contribution in [1.29, 1.82) is 0 Å². The van der Waals surface area contributed by atoms with E-state index in [0.717, 1.165) is 5.56 Å². The van der Waals surface area contributed by atoms with Crippen LogP contribution in [0.15, 0.2) is 29.1 Å². The van der Waals surface area contributed by atoms with Gasteiger partial charge in [0.25, 0.3) is 5.56 Å². The lowest BCUT2D eigenvalue weighted by Crippen LogP contribution is -2.30. The molecule has 7 nitrogen and oxygen atoms in total. The number of aromatic amines is 1. The van der Waals surface area contributed by atoms with E-state index in [1.54, 1.807) is 24.3 Å². The van der Waals surface area contributed by atoms with Gasteiger partial charge in [0.15, 0.2) is 5.69 Å². The van der Waals surface area contributed by atoms with Gasteiger partial charge < -0.3 is 16.2 Å². The maximum atomic E-state index is 12.5. The normalized spacial score (nSPS) is 15.3. The largest absolute Gasteiger partial charge is 0.492 e. The average molecular weight is 321 g/mol. The molecule has 0 saturated heterocycles. The molecule has 22 heavy (non-hydrogen) atoms. The van der Waals surface area contributed by atoms with Crippen molar-refractivity contribution < 1.29 is 9.90 Å². The maximum Gasteiger partial charge on any atom is 0.280 e. The molecule has 0 spiro atoms. The van der Waals surface area contributed by atoms with Crippen LogP contribution in [0.2, 0.25) is 5.02 Å². The van der Waals surface area contributed by atoms with E-state index in [-0.39, 0.29) is 17.5 Å². The summed E-state index contributed by atoms with van der Waals surface area (Å²) in [6, 6.07) is 6.97. The predicted molar refractivity (Wildman–Crippen MR) is 81.9 cm³/mol. The van der Waals surface area contributed by atoms with Crippen molar-refractivity contribution in [3.8, 4) is 5.88 Å². The molecule has 1 aliphatic carbocycles. The number of nitrogens with one attached hydrogen (secondary N) is 2. The van der Waals surface area contributed by atoms with Crippen molar-refractivity contribution in [2.45, 2.75) is 18.3 Å². The summed E-state index contributed by atoms with van der Waals surface area (Å²) in [6.07, 6.45) is 1.31. The average Bonchev–Trinajstić information content (AvgIpc) is 3.25. The van der Waals surface area contributed by atoms with Crippen LogP contribution in [-0.2, 0) is 10.2 Å². The molecule has 0 unspecified atom stereocenters. The van der Waals surface area contributed by atoms with Crippen LogP contribution in [0.4, 0.5) is 11.6 Å². The number of hydrogen-bond donors (Lipinski definition) is 4. The molecule has 8 heteroatoms. The zero-order valence-electron chi connectivity index (χ0n) is 11.4. The summed E-state index contributed by atoms with van der Waals surface area (Å²) in [4.78, 5) is 30.0. The summed E-state index contributed by atoms with van der Waals surface area (Å²) >= 11 is 5.85. The molecule has 5 N–H and O–H groups in total. The molecule has 1 amide bonds. The molecular weight excluding hydrogens is 308 g/mol. The highest BCUT2D eigenvalue weighted by atomic mass is 35.5. The minimum absolute atomic E-state index is 0.223. The lowest BCUT2D eigenvalue weighted by atomic mass is 9.95. The molecule has 0 bridgehead atoms. The Morgan fingerprint density at radius 1 is 1.36 bits per heavy atom. The molecule has 1 fully saturated rings. The molecule has 1 aromatic heterocycles. The number of amides is 1. The standard InChI is InChI=1S/C14H13ClN4O3/c15-8-3-1-7(2-4-8)14(5-6-14)12(22)17-9-10(20)18-13(16)19-11(9)21/h1-4H,5-6H2,(H,17,22)(H4,16,18,19,20,21). The summed E-state index contributed by atoms with van der Waals surface area (Å²) in [7, 11) is 0. The number of carbonyl (C=O) groups excluding carboxylic acids is 1. The Hall–Kier alpha value is -2.54. The van der Waals surface area contributed by atoms with Crippen molar-refractivity contribution in [2.24, 2.45) is 0 Å². The van der Waals surface area contributed by atoms with Gasteiger partial charge >= 0.3 is 0 Å². The Labute approximate surface area is 130 Å². The number of carbonyl (C=O) groups is 1. The third-order valence-electron chi connectivity index (χ3n) is 3.74. The highest BCUT2D eigenvalue weighted by Crippen LogP contribution is 2.49. The van der Waals surface area contributed by atoms with E-state index in [2.05, 4.69) is 15.3 Å². The molecule has 114 valence electrons. The Balaban J connectivity index is 1.89. The smallest absolute Gasteiger partial charge is 0.280 e. The second kappa shape index (κ2) is 5.03. The Morgan fingerprint density at radius 2 is 2.00 bits per heavy atom. The monoisotopic (exact) mass is 320 g/mol. The van der Waals surface area contributed by atoms with Gasteiger partial charge in [0.2, 0.25) is 17.7 Å². The van der Waals surface area contributed by atoms with E-state index in [4.69, 9.17) is 17.3 Å². The van der Waals surface area contributed by atoms with Gasteiger partial charge in [0.05, 0.1) is 5.41 Å². The molecular formula is C14H13ClN4O3. The second-order valence-corrected chi connectivity index (χ2v) is 5.63. The number of aromatic hydroxyl groups is 1. The fraction of sp³-hybridized carbons (Fsp3) is 0.214. The summed E-state index contributed by atoms with van der Waals surface area (Å²) < 4.78 is 0. The van der Waals surface area contributed by atoms with Crippen molar-refractivity contribution in [2.75, 3.05) is 11.1 Å². The Morgan fingerprint density at radius 3 is 2.55 bits per heavy atom. The lowest BCUT2D eigenvalue weighted by Gasteiger charge is -2.15. The number of rotatable bonds is 3. The zero-order chi connectivity index (χ0) is 15.9. The van der Waals surface area contributed by atoms with Gasteiger partial charge in [-0.05, 0) is 30.5 Å². The molecule has 3 rings (SSSR count). The molecule has 1 aliphatic rings. The molecule has 1 heterocycles. The van der Waals surface area contributed by atoms with E-state index >= 15 is 0 Å². The third-order valence-corrected chi connectivity index (χ3v) is 3.99. The Bertz CT molecular complexity index is 797. The van der Waals surface area contributed by atoms with Crippen LogP contribution in [0.3, 0.4) is 0 Å². The van der Waals surface area contributed by atoms with E-state index in [1.807, 2.05) is 0 Å². The molecule has 0 aliphatic heterocycles. The minimum atomic E-state index is -0.704. The van der Waals surface area contributed by atoms with Crippen LogP contribution in [0, 0.1) is 0 Å². The van der Waals surface area contributed by atoms with E-state index in [1.165, 1.54) is 0 Å². The quantitative estimate of drug-likeness (QED) is 0.680. The first-order valence-electron chi connectivity index (χ1n) is 6.59. The second-order valence-electron chi connectivity index (χ2n) is 5.19. The fourth-order valence-electron chi connectivity index (χ4n) is 2.36. The number of benzene rings is 1. The number of anilines is 2. The number of aromatic nitrogens is 2. The molecule has 1 aromatic carbocycles. The maximum absolute atomic E-state index is 12.5. The van der Waals surface area contributed by atoms with Crippen molar-refractivity contribution >= 4 is 29.1 Å². The number of H-pyrrole nitrogens is 1. The van der Waals surface area contributed by atoms with Gasteiger partial charge in [-0.15, -0.1) is 0 Å². The van der Waals surface area contributed by atoms with E-state index in [9.17, 15) is 14.7 Å². The van der Waals surface area contributed by atoms with Crippen LogP contribution in [0.25, 0.3) is 0 Å². The third kappa shape index (κ3) is 2.39. The van der Waals surface area contributed by atoms with Crippen LogP contribution in [0.1, 0.15) is 18.4 Å². The number of halogens is 1. The van der Waals surface area contributed by atoms with Gasteiger partial charge in [-0.1, -0.05) is 23.7 Å². The molecule has 2 aromatic rings. The highest BCUT2D eigenvalue weighted by molar-refractivity contribution is 6.30. The molecule has 1 saturated carbocycles. The summed E-state index contributed by atoms with van der Waals surface area (Å²) in [5, 5.41) is 12.7. The minimum Gasteiger partial charge on any atom is -0.492 e. The van der Waals surface area contributed by atoms with Gasteiger partial charge in [0.1, 0.15) is 0 Å². The van der Waals surface area contributed by atoms with Gasteiger partial charge in [0, 0.05) is 5.02 Å². The van der Waals surface area contributed by atoms with Gasteiger partial charge in [-0.2, -0.15) is 4.98 Å². The van der Waals surface area contributed by atoms with Crippen molar-refractivity contribution in [3.05, 3.63) is 45.2 Å². The molecule has 0 radical (unpaired) electrons. The zero-order valence-corrected chi connectivity index (χ0v) is 12.1. The summed E-state index contributed by atoms with van der Waals surface area (Å²) in [6.45, 7) is 0. The summed E-state index contributed by atoms with van der Waals surface area (Å²) in [5.74, 6) is -1.21. The van der Waals surface area contributed by atoms with Gasteiger partial charge in [-0.3, -0.25) is 14.6 Å². The predicted octanol–water partition coefficient (Wildman–Crippen LogP) is 1.38. The number of nitrogens with zero attached hydrogens (tertiary/aromatic N) is 1. The Kier molecular flexibility index (Phi) is 3.29. The first-order chi connectivity index (χ1) is 10.4. The number of nitrogen functional groups attached to an aromatic ring is 1. The summed E-state index contributed by atoms with van der Waals surface area (Å²) in [5.41, 5.74) is 4.41. The first kappa shape index (κ1) is 14.4. The SMILES string of the molecule is Nc1nc(O)c(NC(=O)C2(c3ccc(Cl)cc3)CC2)c(=O)[nH]1. The molecule has 0 atom stereocenters. The highest BCUT2D eigenvalue weighted by Gasteiger charge is 2.51. The number of nitrogens with two attached hydrogens (primary N) is 1. The van der Waals surface area contributed by atoms with Crippen molar-refractivity contribution in [3.63, 3.8) is 0 Å². The van der Waals surface area contributed by atoms with Crippen molar-refractivity contribution in [1.82, 2.24) is 9.97 Å². The van der Waals surface area contributed by atoms with Crippen LogP contribution < -0.4 is 16.6 Å². The van der Waals surface area contributed by atoms with E-state index < -0.39 is 16.9 Å².